The Morgan fingerprint density at radius 3 is 2.09 bits per heavy atom. The Bertz CT molecular complexity index is 632. The summed E-state index contributed by atoms with van der Waals surface area (Å²) in [5.41, 5.74) is 3.51. The molecule has 2 nitrogen and oxygen atoms in total. The molecule has 2 aromatic carbocycles. The quantitative estimate of drug-likeness (QED) is 0.752. The van der Waals surface area contributed by atoms with E-state index in [0.29, 0.717) is 12.3 Å². The van der Waals surface area contributed by atoms with E-state index in [4.69, 9.17) is 0 Å². The number of hydrogen-bond acceptors (Lipinski definition) is 1. The summed E-state index contributed by atoms with van der Waals surface area (Å²) in [6.07, 6.45) is 1.44. The van der Waals surface area contributed by atoms with E-state index in [1.165, 1.54) is 11.1 Å². The average Bonchev–Trinajstić information content (AvgIpc) is 2.55. The van der Waals surface area contributed by atoms with Gasteiger partial charge in [-0.2, -0.15) is 0 Å². The third-order valence-electron chi connectivity index (χ3n) is 4.01. The molecule has 3 heteroatoms. The van der Waals surface area contributed by atoms with Gasteiger partial charge in [0.1, 0.15) is 0 Å². The van der Waals surface area contributed by atoms with Crippen LogP contribution in [0.2, 0.25) is 0 Å². The smallest absolute Gasteiger partial charge is 0.224 e. The first-order valence-corrected chi connectivity index (χ1v) is 8.91. The van der Waals surface area contributed by atoms with Gasteiger partial charge in [-0.15, -0.1) is 0 Å². The van der Waals surface area contributed by atoms with Crippen LogP contribution in [0.3, 0.4) is 0 Å². The van der Waals surface area contributed by atoms with E-state index in [1.54, 1.807) is 0 Å². The Labute approximate surface area is 147 Å². The molecule has 0 aliphatic heterocycles. The number of aryl methyl sites for hydroxylation is 1. The fraction of sp³-hybridized carbons (Fsp3) is 0.350. The van der Waals surface area contributed by atoms with E-state index in [0.717, 1.165) is 16.5 Å². The van der Waals surface area contributed by atoms with Crippen LogP contribution < -0.4 is 5.32 Å². The lowest BCUT2D eigenvalue weighted by atomic mass is 9.94. The van der Waals surface area contributed by atoms with Gasteiger partial charge < -0.3 is 5.32 Å². The molecule has 0 aliphatic carbocycles. The second-order valence-corrected chi connectivity index (χ2v) is 7.10. The Morgan fingerprint density at radius 1 is 1.00 bits per heavy atom. The maximum absolute atomic E-state index is 12.4. The highest BCUT2D eigenvalue weighted by atomic mass is 79.9. The zero-order chi connectivity index (χ0) is 16.8. The van der Waals surface area contributed by atoms with Crippen molar-refractivity contribution in [1.29, 1.82) is 0 Å². The number of nitrogens with one attached hydrogen (secondary N) is 1. The summed E-state index contributed by atoms with van der Waals surface area (Å²) in [5.74, 6) is 0.405. The van der Waals surface area contributed by atoms with Crippen molar-refractivity contribution in [2.75, 3.05) is 0 Å². The van der Waals surface area contributed by atoms with Crippen molar-refractivity contribution in [3.05, 3.63) is 69.7 Å². The summed E-state index contributed by atoms with van der Waals surface area (Å²) in [7, 11) is 0. The lowest BCUT2D eigenvalue weighted by Gasteiger charge is -2.23. The Hall–Kier alpha value is -1.61. The molecule has 0 saturated heterocycles. The molecule has 1 unspecified atom stereocenters. The van der Waals surface area contributed by atoms with Crippen LogP contribution in [0.1, 0.15) is 43.5 Å². The maximum atomic E-state index is 12.4. The third-order valence-corrected chi connectivity index (χ3v) is 4.54. The Kier molecular flexibility index (Phi) is 6.40. The molecule has 1 N–H and O–H groups in total. The summed E-state index contributed by atoms with van der Waals surface area (Å²) in [6, 6.07) is 16.5. The molecule has 0 fully saturated rings. The van der Waals surface area contributed by atoms with Gasteiger partial charge in [-0.05, 0) is 41.2 Å². The second kappa shape index (κ2) is 8.30. The number of benzene rings is 2. The molecular formula is C20H24BrNO. The SMILES string of the molecule is CCc1ccc(C(NC(=O)Cc2ccc(Br)cc2)C(C)C)cc1. The standard InChI is InChI=1S/C20H24BrNO/c1-4-15-5-9-17(10-6-15)20(14(2)3)22-19(23)13-16-7-11-18(21)12-8-16/h5-12,14,20H,4,13H2,1-3H3,(H,22,23). The topological polar surface area (TPSA) is 29.1 Å². The van der Waals surface area contributed by atoms with Gasteiger partial charge in [0.2, 0.25) is 5.91 Å². The molecule has 0 heterocycles. The van der Waals surface area contributed by atoms with Gasteiger partial charge >= 0.3 is 0 Å². The van der Waals surface area contributed by atoms with E-state index in [9.17, 15) is 4.79 Å². The van der Waals surface area contributed by atoms with Crippen molar-refractivity contribution in [1.82, 2.24) is 5.32 Å². The lowest BCUT2D eigenvalue weighted by Crippen LogP contribution is -2.32. The van der Waals surface area contributed by atoms with Crippen molar-refractivity contribution in [2.45, 2.75) is 39.7 Å². The van der Waals surface area contributed by atoms with Crippen molar-refractivity contribution in [2.24, 2.45) is 5.92 Å². The van der Waals surface area contributed by atoms with Gasteiger partial charge in [-0.1, -0.05) is 73.1 Å². The van der Waals surface area contributed by atoms with Crippen molar-refractivity contribution < 1.29 is 4.79 Å². The van der Waals surface area contributed by atoms with Crippen molar-refractivity contribution >= 4 is 21.8 Å². The largest absolute Gasteiger partial charge is 0.349 e. The second-order valence-electron chi connectivity index (χ2n) is 6.19. The third kappa shape index (κ3) is 5.21. The molecule has 0 radical (unpaired) electrons. The highest BCUT2D eigenvalue weighted by Crippen LogP contribution is 2.22. The number of rotatable bonds is 6. The fourth-order valence-corrected chi connectivity index (χ4v) is 2.87. The van der Waals surface area contributed by atoms with Gasteiger partial charge in [0.15, 0.2) is 0 Å². The molecule has 0 spiro atoms. The first kappa shape index (κ1) is 17.7. The van der Waals surface area contributed by atoms with Gasteiger partial charge in [-0.25, -0.2) is 0 Å². The number of carbonyl (C=O) groups excluding carboxylic acids is 1. The summed E-state index contributed by atoms with van der Waals surface area (Å²) in [5, 5.41) is 3.18. The molecule has 0 bridgehead atoms. The molecule has 2 aromatic rings. The molecule has 1 amide bonds. The first-order chi connectivity index (χ1) is 11.0. The van der Waals surface area contributed by atoms with Gasteiger partial charge in [-0.3, -0.25) is 4.79 Å². The average molecular weight is 374 g/mol. The molecule has 1 atom stereocenters. The molecular weight excluding hydrogens is 350 g/mol. The van der Waals surface area contributed by atoms with Crippen molar-refractivity contribution in [3.63, 3.8) is 0 Å². The number of amides is 1. The fourth-order valence-electron chi connectivity index (χ4n) is 2.61. The maximum Gasteiger partial charge on any atom is 0.224 e. The van der Waals surface area contributed by atoms with Crippen LogP contribution in [0.5, 0.6) is 0 Å². The number of halogens is 1. The normalized spacial score (nSPS) is 12.2. The van der Waals surface area contributed by atoms with Crippen LogP contribution in [0, 0.1) is 5.92 Å². The summed E-state index contributed by atoms with van der Waals surface area (Å²) >= 11 is 3.41. The zero-order valence-corrected chi connectivity index (χ0v) is 15.6. The molecule has 0 aromatic heterocycles. The van der Waals surface area contributed by atoms with E-state index in [-0.39, 0.29) is 11.9 Å². The predicted molar refractivity (Wildman–Crippen MR) is 99.4 cm³/mol. The van der Waals surface area contributed by atoms with E-state index < -0.39 is 0 Å². The van der Waals surface area contributed by atoms with Crippen molar-refractivity contribution in [3.8, 4) is 0 Å². The van der Waals surface area contributed by atoms with Crippen LogP contribution in [-0.2, 0) is 17.6 Å². The molecule has 0 aliphatic rings. The Balaban J connectivity index is 2.06. The van der Waals surface area contributed by atoms with E-state index in [2.05, 4.69) is 66.3 Å². The Morgan fingerprint density at radius 2 is 1.57 bits per heavy atom. The number of hydrogen-bond donors (Lipinski definition) is 1. The van der Waals surface area contributed by atoms with Crippen LogP contribution >= 0.6 is 15.9 Å². The van der Waals surface area contributed by atoms with Gasteiger partial charge in [0.05, 0.1) is 12.5 Å². The van der Waals surface area contributed by atoms with Gasteiger partial charge in [0, 0.05) is 4.47 Å². The zero-order valence-electron chi connectivity index (χ0n) is 14.0. The highest BCUT2D eigenvalue weighted by molar-refractivity contribution is 9.10. The summed E-state index contributed by atoms with van der Waals surface area (Å²) < 4.78 is 1.03. The first-order valence-electron chi connectivity index (χ1n) is 8.12. The van der Waals surface area contributed by atoms with Crippen LogP contribution in [-0.4, -0.2) is 5.91 Å². The summed E-state index contributed by atoms with van der Waals surface area (Å²) in [4.78, 5) is 12.4. The van der Waals surface area contributed by atoms with E-state index in [1.807, 2.05) is 24.3 Å². The van der Waals surface area contributed by atoms with Crippen LogP contribution in [0.4, 0.5) is 0 Å². The minimum atomic E-state index is 0.0452. The predicted octanol–water partition coefficient (Wildman–Crippen LogP) is 5.07. The molecule has 2 rings (SSSR count). The van der Waals surface area contributed by atoms with Crippen LogP contribution in [0.25, 0.3) is 0 Å². The van der Waals surface area contributed by atoms with Gasteiger partial charge in [0.25, 0.3) is 0 Å². The van der Waals surface area contributed by atoms with E-state index >= 15 is 0 Å². The number of carbonyl (C=O) groups is 1. The highest BCUT2D eigenvalue weighted by Gasteiger charge is 2.18. The summed E-state index contributed by atoms with van der Waals surface area (Å²) in [6.45, 7) is 6.42. The monoisotopic (exact) mass is 373 g/mol. The molecule has 0 saturated carbocycles. The minimum Gasteiger partial charge on any atom is -0.349 e. The molecule has 122 valence electrons. The minimum absolute atomic E-state index is 0.0452. The lowest BCUT2D eigenvalue weighted by molar-refractivity contribution is -0.121. The molecule has 23 heavy (non-hydrogen) atoms. The van der Waals surface area contributed by atoms with Crippen LogP contribution in [0.15, 0.2) is 53.0 Å².